The minimum atomic E-state index is -0.258. The number of aromatic nitrogens is 3. The second-order valence-corrected chi connectivity index (χ2v) is 10.0. The van der Waals surface area contributed by atoms with E-state index in [4.69, 9.17) is 4.98 Å². The fraction of sp³-hybridized carbons (Fsp3) is 0.296. The first-order valence-electron chi connectivity index (χ1n) is 12.0. The number of aromatic amines is 1. The number of rotatable bonds is 6. The average Bonchev–Trinajstić information content (AvgIpc) is 3.32. The molecule has 5 rings (SSSR count). The van der Waals surface area contributed by atoms with Gasteiger partial charge in [0.1, 0.15) is 16.9 Å². The zero-order chi connectivity index (χ0) is 25.2. The summed E-state index contributed by atoms with van der Waals surface area (Å²) in [6, 6.07) is 16.2. The van der Waals surface area contributed by atoms with Crippen LogP contribution in [0.4, 0.5) is 10.1 Å². The summed E-state index contributed by atoms with van der Waals surface area (Å²) in [7, 11) is 0. The Bertz CT molecular complexity index is 1420. The number of hydrogen-bond donors (Lipinski definition) is 1. The third-order valence-corrected chi connectivity index (χ3v) is 7.39. The summed E-state index contributed by atoms with van der Waals surface area (Å²) in [6.45, 7) is 6.44. The molecule has 2 aromatic carbocycles. The number of hydrogen-bond acceptors (Lipinski definition) is 5. The summed E-state index contributed by atoms with van der Waals surface area (Å²) in [6.07, 6.45) is 1.82. The van der Waals surface area contributed by atoms with Crippen molar-refractivity contribution >= 4 is 34.4 Å². The van der Waals surface area contributed by atoms with Crippen LogP contribution in [0.1, 0.15) is 19.9 Å². The van der Waals surface area contributed by atoms with Crippen molar-refractivity contribution in [3.8, 4) is 11.1 Å². The molecule has 1 amide bonds. The van der Waals surface area contributed by atoms with Gasteiger partial charge in [-0.05, 0) is 43.7 Å². The minimum absolute atomic E-state index is 0.0146. The molecule has 9 heteroatoms. The SMILES string of the molecule is CC(C)n1c(SCC(=O)N2CCN(c3ccc(F)cc3)CC2)nc2c(-c3ccccc3)c[nH]c2c1=O. The lowest BCUT2D eigenvalue weighted by molar-refractivity contribution is -0.128. The Kier molecular flexibility index (Phi) is 6.82. The maximum absolute atomic E-state index is 13.3. The van der Waals surface area contributed by atoms with E-state index in [2.05, 4.69) is 9.88 Å². The molecule has 4 aromatic rings. The van der Waals surface area contributed by atoms with Gasteiger partial charge in [0.25, 0.3) is 5.56 Å². The Labute approximate surface area is 212 Å². The molecule has 0 unspecified atom stereocenters. The van der Waals surface area contributed by atoms with Crippen molar-refractivity contribution in [1.29, 1.82) is 0 Å². The molecule has 1 aliphatic rings. The van der Waals surface area contributed by atoms with E-state index in [1.165, 1.54) is 23.9 Å². The van der Waals surface area contributed by atoms with Crippen molar-refractivity contribution in [1.82, 2.24) is 19.4 Å². The largest absolute Gasteiger partial charge is 0.368 e. The lowest BCUT2D eigenvalue weighted by Crippen LogP contribution is -2.49. The molecule has 7 nitrogen and oxygen atoms in total. The van der Waals surface area contributed by atoms with Gasteiger partial charge >= 0.3 is 0 Å². The second kappa shape index (κ2) is 10.2. The van der Waals surface area contributed by atoms with Gasteiger partial charge in [0.2, 0.25) is 5.91 Å². The highest BCUT2D eigenvalue weighted by atomic mass is 32.2. The highest BCUT2D eigenvalue weighted by molar-refractivity contribution is 7.99. The van der Waals surface area contributed by atoms with Crippen LogP contribution in [-0.4, -0.2) is 57.3 Å². The van der Waals surface area contributed by atoms with Crippen LogP contribution < -0.4 is 10.5 Å². The molecule has 186 valence electrons. The number of carbonyl (C=O) groups is 1. The molecule has 0 atom stereocenters. The van der Waals surface area contributed by atoms with Gasteiger partial charge < -0.3 is 14.8 Å². The fourth-order valence-corrected chi connectivity index (χ4v) is 5.55. The number of fused-ring (bicyclic) bond motifs is 1. The third-order valence-electron chi connectivity index (χ3n) is 6.45. The van der Waals surface area contributed by atoms with E-state index in [0.717, 1.165) is 16.8 Å². The lowest BCUT2D eigenvalue weighted by atomic mass is 10.1. The number of nitrogens with zero attached hydrogens (tertiary/aromatic N) is 4. The quantitative estimate of drug-likeness (QED) is 0.307. The van der Waals surface area contributed by atoms with Gasteiger partial charge in [-0.3, -0.25) is 14.2 Å². The highest BCUT2D eigenvalue weighted by Gasteiger charge is 2.23. The van der Waals surface area contributed by atoms with Gasteiger partial charge in [-0.1, -0.05) is 42.1 Å². The maximum Gasteiger partial charge on any atom is 0.278 e. The molecular formula is C27H28FN5O2S. The summed E-state index contributed by atoms with van der Waals surface area (Å²) in [5, 5.41) is 0.539. The summed E-state index contributed by atoms with van der Waals surface area (Å²) >= 11 is 1.30. The predicted molar refractivity (Wildman–Crippen MR) is 142 cm³/mol. The molecule has 2 aromatic heterocycles. The van der Waals surface area contributed by atoms with E-state index in [-0.39, 0.29) is 29.1 Å². The summed E-state index contributed by atoms with van der Waals surface area (Å²) < 4.78 is 14.9. The minimum Gasteiger partial charge on any atom is -0.368 e. The van der Waals surface area contributed by atoms with Crippen molar-refractivity contribution < 1.29 is 9.18 Å². The highest BCUT2D eigenvalue weighted by Crippen LogP contribution is 2.29. The Morgan fingerprint density at radius 3 is 2.42 bits per heavy atom. The van der Waals surface area contributed by atoms with Gasteiger partial charge in [-0.25, -0.2) is 9.37 Å². The molecule has 0 bridgehead atoms. The Morgan fingerprint density at radius 2 is 1.75 bits per heavy atom. The molecule has 0 spiro atoms. The molecule has 0 radical (unpaired) electrons. The summed E-state index contributed by atoms with van der Waals surface area (Å²) in [5.74, 6) is -0.0423. The van der Waals surface area contributed by atoms with Crippen molar-refractivity contribution in [2.45, 2.75) is 25.0 Å². The van der Waals surface area contributed by atoms with E-state index < -0.39 is 0 Å². The number of thioether (sulfide) groups is 1. The first-order valence-corrected chi connectivity index (χ1v) is 13.0. The first-order chi connectivity index (χ1) is 17.4. The van der Waals surface area contributed by atoms with Crippen LogP contribution in [0.25, 0.3) is 22.2 Å². The number of halogens is 1. The molecule has 1 N–H and O–H groups in total. The van der Waals surface area contributed by atoms with E-state index in [1.807, 2.05) is 55.3 Å². The van der Waals surface area contributed by atoms with E-state index in [9.17, 15) is 14.0 Å². The van der Waals surface area contributed by atoms with Gasteiger partial charge in [-0.2, -0.15) is 0 Å². The van der Waals surface area contributed by atoms with Crippen molar-refractivity contribution in [3.63, 3.8) is 0 Å². The summed E-state index contributed by atoms with van der Waals surface area (Å²) in [5.41, 5.74) is 3.74. The Morgan fingerprint density at radius 1 is 1.06 bits per heavy atom. The number of anilines is 1. The maximum atomic E-state index is 13.3. The molecule has 0 saturated carbocycles. The van der Waals surface area contributed by atoms with Crippen molar-refractivity contribution in [3.05, 3.63) is 77.0 Å². The van der Waals surface area contributed by atoms with Crippen LogP contribution in [-0.2, 0) is 4.79 Å². The molecule has 3 heterocycles. The monoisotopic (exact) mass is 505 g/mol. The molecule has 1 saturated heterocycles. The number of H-pyrrole nitrogens is 1. The van der Waals surface area contributed by atoms with Crippen LogP contribution in [0, 0.1) is 5.82 Å². The van der Waals surface area contributed by atoms with Gasteiger partial charge in [-0.15, -0.1) is 0 Å². The number of amides is 1. The molecule has 1 fully saturated rings. The second-order valence-electron chi connectivity index (χ2n) is 9.09. The third kappa shape index (κ3) is 4.75. The number of piperazine rings is 1. The van der Waals surface area contributed by atoms with Crippen molar-refractivity contribution in [2.75, 3.05) is 36.8 Å². The molecular weight excluding hydrogens is 477 g/mol. The zero-order valence-corrected chi connectivity index (χ0v) is 21.1. The van der Waals surface area contributed by atoms with Crippen LogP contribution in [0.2, 0.25) is 0 Å². The van der Waals surface area contributed by atoms with E-state index in [0.29, 0.717) is 42.4 Å². The topological polar surface area (TPSA) is 74.2 Å². The predicted octanol–water partition coefficient (Wildman–Crippen LogP) is 4.55. The molecule has 36 heavy (non-hydrogen) atoms. The first kappa shape index (κ1) is 24.1. The van der Waals surface area contributed by atoms with E-state index in [1.54, 1.807) is 16.7 Å². The van der Waals surface area contributed by atoms with Gasteiger partial charge in [0.05, 0.1) is 5.75 Å². The van der Waals surface area contributed by atoms with Crippen LogP contribution >= 0.6 is 11.8 Å². The zero-order valence-electron chi connectivity index (χ0n) is 20.3. The Balaban J connectivity index is 1.33. The van der Waals surface area contributed by atoms with Crippen molar-refractivity contribution in [2.24, 2.45) is 0 Å². The van der Waals surface area contributed by atoms with Gasteiger partial charge in [0, 0.05) is 49.7 Å². The normalized spacial score (nSPS) is 14.1. The fourth-order valence-electron chi connectivity index (χ4n) is 4.53. The summed E-state index contributed by atoms with van der Waals surface area (Å²) in [4.78, 5) is 38.3. The van der Waals surface area contributed by atoms with Crippen LogP contribution in [0.5, 0.6) is 0 Å². The smallest absolute Gasteiger partial charge is 0.278 e. The number of carbonyl (C=O) groups excluding carboxylic acids is 1. The molecule has 0 aliphatic carbocycles. The van der Waals surface area contributed by atoms with Crippen LogP contribution in [0.3, 0.4) is 0 Å². The van der Waals surface area contributed by atoms with Gasteiger partial charge in [0.15, 0.2) is 5.16 Å². The average molecular weight is 506 g/mol. The van der Waals surface area contributed by atoms with Crippen LogP contribution in [0.15, 0.2) is 70.7 Å². The Hall–Kier alpha value is -3.59. The van der Waals surface area contributed by atoms with E-state index >= 15 is 0 Å². The molecule has 1 aliphatic heterocycles. The lowest BCUT2D eigenvalue weighted by Gasteiger charge is -2.36. The standard InChI is InChI=1S/C27H28FN5O2S/c1-18(2)33-26(35)25-24(22(16-29-25)19-6-4-3-5-7-19)30-27(33)36-17-23(34)32-14-12-31(13-15-32)21-10-8-20(28)9-11-21/h3-11,16,18,29H,12-15,17H2,1-2H3. The number of benzene rings is 2. The number of nitrogens with one attached hydrogen (secondary N) is 1.